The average molecular weight is 413 g/mol. The molecule has 4 rings (SSSR count). The summed E-state index contributed by atoms with van der Waals surface area (Å²) in [6.07, 6.45) is 3.35. The van der Waals surface area contributed by atoms with Crippen molar-refractivity contribution in [3.8, 4) is 5.75 Å². The van der Waals surface area contributed by atoms with Crippen LogP contribution in [0.25, 0.3) is 10.9 Å². The largest absolute Gasteiger partial charge is 0.494 e. The van der Waals surface area contributed by atoms with Crippen molar-refractivity contribution in [1.29, 1.82) is 0 Å². The second kappa shape index (κ2) is 9.98. The van der Waals surface area contributed by atoms with Gasteiger partial charge in [-0.3, -0.25) is 4.79 Å². The molecule has 158 valence electrons. The second-order valence-corrected chi connectivity index (χ2v) is 7.60. The zero-order valence-electron chi connectivity index (χ0n) is 17.9. The molecule has 1 N–H and O–H groups in total. The van der Waals surface area contributed by atoms with Crippen LogP contribution >= 0.6 is 0 Å². The number of aryl methyl sites for hydroxylation is 1. The summed E-state index contributed by atoms with van der Waals surface area (Å²) in [5, 5.41) is 4.25. The molecular weight excluding hydrogens is 384 g/mol. The number of para-hydroxylation sites is 2. The van der Waals surface area contributed by atoms with E-state index in [4.69, 9.17) is 4.74 Å². The first-order valence-corrected chi connectivity index (χ1v) is 10.8. The van der Waals surface area contributed by atoms with Crippen LogP contribution in [0.3, 0.4) is 0 Å². The maximum absolute atomic E-state index is 12.5. The molecule has 0 aliphatic heterocycles. The van der Waals surface area contributed by atoms with E-state index < -0.39 is 0 Å². The molecule has 1 heterocycles. The number of nitrogens with one attached hydrogen (secondary N) is 1. The van der Waals surface area contributed by atoms with E-state index in [-0.39, 0.29) is 5.91 Å². The Morgan fingerprint density at radius 2 is 1.65 bits per heavy atom. The molecule has 4 nitrogen and oxygen atoms in total. The number of aromatic nitrogens is 1. The van der Waals surface area contributed by atoms with Crippen LogP contribution in [-0.2, 0) is 24.3 Å². The SMILES string of the molecule is CCOc1ccccc1CNC(=O)CCc1cn(Cc2ccccc2)c2ccccc12. The summed E-state index contributed by atoms with van der Waals surface area (Å²) in [6, 6.07) is 26.7. The fraction of sp³-hybridized carbons (Fsp3) is 0.222. The van der Waals surface area contributed by atoms with Crippen LogP contribution in [0.15, 0.2) is 85.1 Å². The molecule has 0 atom stereocenters. The Balaban J connectivity index is 1.41. The van der Waals surface area contributed by atoms with Crippen LogP contribution in [-0.4, -0.2) is 17.1 Å². The Kier molecular flexibility index (Phi) is 6.68. The smallest absolute Gasteiger partial charge is 0.220 e. The van der Waals surface area contributed by atoms with Crippen LogP contribution in [0, 0.1) is 0 Å². The third-order valence-electron chi connectivity index (χ3n) is 5.44. The molecule has 0 spiro atoms. The Labute approximate surface area is 183 Å². The van der Waals surface area contributed by atoms with Gasteiger partial charge in [0.1, 0.15) is 5.75 Å². The highest BCUT2D eigenvalue weighted by Gasteiger charge is 2.11. The predicted octanol–water partition coefficient (Wildman–Crippen LogP) is 5.34. The van der Waals surface area contributed by atoms with Gasteiger partial charge in [0.05, 0.1) is 6.61 Å². The zero-order valence-corrected chi connectivity index (χ0v) is 17.9. The zero-order chi connectivity index (χ0) is 21.5. The van der Waals surface area contributed by atoms with Crippen molar-refractivity contribution >= 4 is 16.8 Å². The fourth-order valence-corrected chi connectivity index (χ4v) is 3.91. The van der Waals surface area contributed by atoms with E-state index >= 15 is 0 Å². The number of nitrogens with zero attached hydrogens (tertiary/aromatic N) is 1. The lowest BCUT2D eigenvalue weighted by Crippen LogP contribution is -2.23. The summed E-state index contributed by atoms with van der Waals surface area (Å²) in [5.74, 6) is 0.875. The minimum Gasteiger partial charge on any atom is -0.494 e. The predicted molar refractivity (Wildman–Crippen MR) is 125 cm³/mol. The summed E-state index contributed by atoms with van der Waals surface area (Å²) < 4.78 is 7.92. The van der Waals surface area contributed by atoms with Crippen molar-refractivity contribution in [3.05, 3.63) is 102 Å². The lowest BCUT2D eigenvalue weighted by molar-refractivity contribution is -0.121. The van der Waals surface area contributed by atoms with Gasteiger partial charge in [-0.15, -0.1) is 0 Å². The monoisotopic (exact) mass is 412 g/mol. The van der Waals surface area contributed by atoms with E-state index in [0.29, 0.717) is 26.0 Å². The molecular formula is C27H28N2O2. The van der Waals surface area contributed by atoms with Gasteiger partial charge in [0.2, 0.25) is 5.91 Å². The standard InChI is InChI=1S/C27H28N2O2/c1-2-31-26-15-9-6-12-22(26)18-28-27(30)17-16-23-20-29(19-21-10-4-3-5-11-21)25-14-8-7-13-24(23)25/h3-15,20H,2,16-19H2,1H3,(H,28,30). The molecule has 3 aromatic carbocycles. The van der Waals surface area contributed by atoms with Crippen LogP contribution in [0.5, 0.6) is 5.75 Å². The lowest BCUT2D eigenvalue weighted by atomic mass is 10.1. The number of hydrogen-bond donors (Lipinski definition) is 1. The topological polar surface area (TPSA) is 43.3 Å². The van der Waals surface area contributed by atoms with Crippen molar-refractivity contribution in [2.45, 2.75) is 32.9 Å². The second-order valence-electron chi connectivity index (χ2n) is 7.60. The lowest BCUT2D eigenvalue weighted by Gasteiger charge is -2.11. The van der Waals surface area contributed by atoms with Crippen molar-refractivity contribution in [1.82, 2.24) is 9.88 Å². The van der Waals surface area contributed by atoms with E-state index in [1.807, 2.05) is 37.3 Å². The molecule has 0 saturated carbocycles. The number of amides is 1. The van der Waals surface area contributed by atoms with E-state index in [9.17, 15) is 4.79 Å². The molecule has 0 bridgehead atoms. The van der Waals surface area contributed by atoms with Crippen molar-refractivity contribution in [2.75, 3.05) is 6.61 Å². The first-order valence-electron chi connectivity index (χ1n) is 10.8. The molecule has 0 aliphatic carbocycles. The van der Waals surface area contributed by atoms with Gasteiger partial charge in [0.15, 0.2) is 0 Å². The number of hydrogen-bond acceptors (Lipinski definition) is 2. The van der Waals surface area contributed by atoms with E-state index in [0.717, 1.165) is 17.9 Å². The average Bonchev–Trinajstić information content (AvgIpc) is 3.15. The molecule has 0 unspecified atom stereocenters. The number of carbonyl (C=O) groups excluding carboxylic acids is 1. The minimum absolute atomic E-state index is 0.0474. The fourth-order valence-electron chi connectivity index (χ4n) is 3.91. The highest BCUT2D eigenvalue weighted by Crippen LogP contribution is 2.24. The summed E-state index contributed by atoms with van der Waals surface area (Å²) in [5.41, 5.74) is 4.67. The van der Waals surface area contributed by atoms with Gasteiger partial charge >= 0.3 is 0 Å². The molecule has 4 aromatic rings. The molecule has 1 aromatic heterocycles. The third kappa shape index (κ3) is 5.15. The number of carbonyl (C=O) groups is 1. The molecule has 31 heavy (non-hydrogen) atoms. The summed E-state index contributed by atoms with van der Waals surface area (Å²) >= 11 is 0. The van der Waals surface area contributed by atoms with E-state index in [1.165, 1.54) is 22.0 Å². The van der Waals surface area contributed by atoms with Gasteiger partial charge in [0.25, 0.3) is 0 Å². The number of rotatable bonds is 9. The van der Waals surface area contributed by atoms with Gasteiger partial charge in [0, 0.05) is 42.2 Å². The Hall–Kier alpha value is -3.53. The van der Waals surface area contributed by atoms with Gasteiger partial charge in [-0.2, -0.15) is 0 Å². The minimum atomic E-state index is 0.0474. The highest BCUT2D eigenvalue weighted by atomic mass is 16.5. The summed E-state index contributed by atoms with van der Waals surface area (Å²) in [7, 11) is 0. The Morgan fingerprint density at radius 1 is 0.903 bits per heavy atom. The number of fused-ring (bicyclic) bond motifs is 1. The van der Waals surface area contributed by atoms with Crippen LogP contribution in [0.1, 0.15) is 30.0 Å². The van der Waals surface area contributed by atoms with Gasteiger partial charge in [-0.05, 0) is 36.6 Å². The molecule has 0 saturated heterocycles. The Morgan fingerprint density at radius 3 is 2.48 bits per heavy atom. The van der Waals surface area contributed by atoms with Crippen molar-refractivity contribution in [3.63, 3.8) is 0 Å². The van der Waals surface area contributed by atoms with Gasteiger partial charge in [-0.1, -0.05) is 66.7 Å². The summed E-state index contributed by atoms with van der Waals surface area (Å²) in [4.78, 5) is 12.5. The quantitative estimate of drug-likeness (QED) is 0.403. The van der Waals surface area contributed by atoms with Crippen LogP contribution in [0.2, 0.25) is 0 Å². The first-order chi connectivity index (χ1) is 15.2. The number of benzene rings is 3. The summed E-state index contributed by atoms with van der Waals surface area (Å²) in [6.45, 7) is 3.87. The van der Waals surface area contributed by atoms with E-state index in [2.05, 4.69) is 64.6 Å². The third-order valence-corrected chi connectivity index (χ3v) is 5.44. The van der Waals surface area contributed by atoms with Crippen LogP contribution in [0.4, 0.5) is 0 Å². The number of ether oxygens (including phenoxy) is 1. The maximum atomic E-state index is 12.5. The maximum Gasteiger partial charge on any atom is 0.220 e. The molecule has 0 fully saturated rings. The first kappa shape index (κ1) is 20.7. The van der Waals surface area contributed by atoms with Crippen LogP contribution < -0.4 is 10.1 Å². The molecule has 0 radical (unpaired) electrons. The van der Waals surface area contributed by atoms with Gasteiger partial charge < -0.3 is 14.6 Å². The molecule has 1 amide bonds. The van der Waals surface area contributed by atoms with Crippen molar-refractivity contribution < 1.29 is 9.53 Å². The van der Waals surface area contributed by atoms with Crippen molar-refractivity contribution in [2.24, 2.45) is 0 Å². The molecule has 4 heteroatoms. The van der Waals surface area contributed by atoms with E-state index in [1.54, 1.807) is 0 Å². The normalized spacial score (nSPS) is 10.9. The molecule has 0 aliphatic rings. The Bertz CT molecular complexity index is 1150. The highest BCUT2D eigenvalue weighted by molar-refractivity contribution is 5.85. The van der Waals surface area contributed by atoms with Gasteiger partial charge in [-0.25, -0.2) is 0 Å².